The third-order valence-corrected chi connectivity index (χ3v) is 4.58. The summed E-state index contributed by atoms with van der Waals surface area (Å²) in [7, 11) is 0. The highest BCUT2D eigenvalue weighted by Gasteiger charge is 2.37. The number of halogens is 2. The maximum absolute atomic E-state index is 6.29. The first kappa shape index (κ1) is 15.2. The lowest BCUT2D eigenvalue weighted by Gasteiger charge is -2.44. The van der Waals surface area contributed by atoms with E-state index in [1.807, 2.05) is 18.2 Å². The Morgan fingerprint density at radius 2 is 1.89 bits per heavy atom. The average molecular weight is 300 g/mol. The van der Waals surface area contributed by atoms with Crippen LogP contribution < -0.4 is 5.32 Å². The standard InChI is InChI=1S/C16H23Cl2N/c1-15(2,3)19-11-16(7-4-8-16)10-12-9-13(17)5-6-14(12)18/h5-6,9,19H,4,7-8,10-11H2,1-3H3. The molecule has 106 valence electrons. The van der Waals surface area contributed by atoms with Gasteiger partial charge in [0.25, 0.3) is 0 Å². The van der Waals surface area contributed by atoms with Crippen molar-refractivity contribution in [2.75, 3.05) is 6.54 Å². The molecule has 0 amide bonds. The minimum absolute atomic E-state index is 0.167. The van der Waals surface area contributed by atoms with Crippen LogP contribution in [0, 0.1) is 5.41 Å². The van der Waals surface area contributed by atoms with Crippen LogP contribution in [0.15, 0.2) is 18.2 Å². The van der Waals surface area contributed by atoms with Crippen molar-refractivity contribution in [2.24, 2.45) is 5.41 Å². The molecular weight excluding hydrogens is 277 g/mol. The molecule has 0 heterocycles. The summed E-state index contributed by atoms with van der Waals surface area (Å²) in [6.07, 6.45) is 4.90. The summed E-state index contributed by atoms with van der Waals surface area (Å²) in [4.78, 5) is 0. The van der Waals surface area contributed by atoms with Gasteiger partial charge in [0.15, 0.2) is 0 Å². The first-order valence-electron chi connectivity index (χ1n) is 6.99. The quantitative estimate of drug-likeness (QED) is 0.816. The molecule has 0 radical (unpaired) electrons. The zero-order chi connectivity index (χ0) is 14.1. The molecule has 1 N–H and O–H groups in total. The summed E-state index contributed by atoms with van der Waals surface area (Å²) in [6, 6.07) is 5.78. The van der Waals surface area contributed by atoms with Crippen molar-refractivity contribution >= 4 is 23.2 Å². The highest BCUT2D eigenvalue weighted by molar-refractivity contribution is 6.33. The Morgan fingerprint density at radius 3 is 2.42 bits per heavy atom. The highest BCUT2D eigenvalue weighted by atomic mass is 35.5. The summed E-state index contributed by atoms with van der Waals surface area (Å²) >= 11 is 12.4. The number of hydrogen-bond acceptors (Lipinski definition) is 1. The molecule has 0 bridgehead atoms. The molecule has 19 heavy (non-hydrogen) atoms. The van der Waals surface area contributed by atoms with E-state index in [1.165, 1.54) is 24.8 Å². The minimum Gasteiger partial charge on any atom is -0.312 e. The molecule has 0 unspecified atom stereocenters. The van der Waals surface area contributed by atoms with Gasteiger partial charge in [0.2, 0.25) is 0 Å². The SMILES string of the molecule is CC(C)(C)NCC1(Cc2cc(Cl)ccc2Cl)CCC1. The van der Waals surface area contributed by atoms with Crippen molar-refractivity contribution in [3.05, 3.63) is 33.8 Å². The molecule has 1 aliphatic carbocycles. The van der Waals surface area contributed by atoms with Gasteiger partial charge in [0.1, 0.15) is 0 Å². The van der Waals surface area contributed by atoms with E-state index in [1.54, 1.807) is 0 Å². The van der Waals surface area contributed by atoms with Crippen LogP contribution in [-0.2, 0) is 6.42 Å². The second kappa shape index (κ2) is 5.63. The molecule has 1 saturated carbocycles. The largest absolute Gasteiger partial charge is 0.312 e. The molecule has 0 aromatic heterocycles. The van der Waals surface area contributed by atoms with E-state index >= 15 is 0 Å². The topological polar surface area (TPSA) is 12.0 Å². The Morgan fingerprint density at radius 1 is 1.21 bits per heavy atom. The van der Waals surface area contributed by atoms with Crippen LogP contribution in [0.25, 0.3) is 0 Å². The van der Waals surface area contributed by atoms with Crippen LogP contribution in [0.5, 0.6) is 0 Å². The lowest BCUT2D eigenvalue weighted by atomic mass is 9.65. The van der Waals surface area contributed by atoms with E-state index < -0.39 is 0 Å². The van der Waals surface area contributed by atoms with Crippen LogP contribution in [-0.4, -0.2) is 12.1 Å². The second-order valence-corrected chi connectivity index (χ2v) is 7.71. The lowest BCUT2D eigenvalue weighted by molar-refractivity contribution is 0.118. The van der Waals surface area contributed by atoms with E-state index in [0.717, 1.165) is 23.0 Å². The van der Waals surface area contributed by atoms with Gasteiger partial charge in [0, 0.05) is 22.1 Å². The predicted octanol–water partition coefficient (Wildman–Crippen LogP) is 5.09. The molecule has 1 aliphatic rings. The van der Waals surface area contributed by atoms with Crippen molar-refractivity contribution in [1.82, 2.24) is 5.32 Å². The second-order valence-electron chi connectivity index (χ2n) is 6.87. The van der Waals surface area contributed by atoms with Gasteiger partial charge < -0.3 is 5.32 Å². The van der Waals surface area contributed by atoms with Crippen molar-refractivity contribution in [3.63, 3.8) is 0 Å². The zero-order valence-corrected chi connectivity index (χ0v) is 13.5. The van der Waals surface area contributed by atoms with Gasteiger partial charge in [-0.2, -0.15) is 0 Å². The molecule has 0 saturated heterocycles. The molecule has 3 heteroatoms. The number of benzene rings is 1. The number of nitrogens with one attached hydrogen (secondary N) is 1. The Kier molecular flexibility index (Phi) is 4.49. The van der Waals surface area contributed by atoms with Gasteiger partial charge >= 0.3 is 0 Å². The van der Waals surface area contributed by atoms with Crippen molar-refractivity contribution < 1.29 is 0 Å². The van der Waals surface area contributed by atoms with Crippen LogP contribution in [0.2, 0.25) is 10.0 Å². The highest BCUT2D eigenvalue weighted by Crippen LogP contribution is 2.44. The van der Waals surface area contributed by atoms with Gasteiger partial charge in [-0.25, -0.2) is 0 Å². The van der Waals surface area contributed by atoms with Crippen molar-refractivity contribution in [2.45, 2.75) is 52.0 Å². The van der Waals surface area contributed by atoms with Crippen LogP contribution in [0.3, 0.4) is 0 Å². The Hall–Kier alpha value is -0.240. The van der Waals surface area contributed by atoms with Gasteiger partial charge in [0.05, 0.1) is 0 Å². The van der Waals surface area contributed by atoms with Crippen molar-refractivity contribution in [1.29, 1.82) is 0 Å². The summed E-state index contributed by atoms with van der Waals surface area (Å²) < 4.78 is 0. The molecule has 2 rings (SSSR count). The van der Waals surface area contributed by atoms with Crippen LogP contribution >= 0.6 is 23.2 Å². The Labute approximate surface area is 126 Å². The summed E-state index contributed by atoms with van der Waals surface area (Å²) in [5, 5.41) is 5.26. The Balaban J connectivity index is 2.08. The molecule has 1 aromatic carbocycles. The number of rotatable bonds is 4. The van der Waals surface area contributed by atoms with Gasteiger partial charge in [-0.3, -0.25) is 0 Å². The zero-order valence-electron chi connectivity index (χ0n) is 12.0. The van der Waals surface area contributed by atoms with Crippen LogP contribution in [0.4, 0.5) is 0 Å². The van der Waals surface area contributed by atoms with Gasteiger partial charge in [-0.15, -0.1) is 0 Å². The van der Waals surface area contributed by atoms with E-state index in [9.17, 15) is 0 Å². The fourth-order valence-electron chi connectivity index (χ4n) is 2.63. The lowest BCUT2D eigenvalue weighted by Crippen LogP contribution is -2.48. The van der Waals surface area contributed by atoms with E-state index in [2.05, 4.69) is 26.1 Å². The van der Waals surface area contributed by atoms with Gasteiger partial charge in [-0.1, -0.05) is 29.6 Å². The number of hydrogen-bond donors (Lipinski definition) is 1. The fourth-order valence-corrected chi connectivity index (χ4v) is 3.01. The smallest absolute Gasteiger partial charge is 0.0439 e. The molecular formula is C16H23Cl2N. The molecule has 1 fully saturated rings. The monoisotopic (exact) mass is 299 g/mol. The molecule has 0 atom stereocenters. The average Bonchev–Trinajstić information content (AvgIpc) is 2.25. The van der Waals surface area contributed by atoms with Crippen LogP contribution in [0.1, 0.15) is 45.6 Å². The third kappa shape index (κ3) is 4.11. The summed E-state index contributed by atoms with van der Waals surface area (Å²) in [6.45, 7) is 7.70. The van der Waals surface area contributed by atoms with Gasteiger partial charge in [-0.05, 0) is 69.2 Å². The summed E-state index contributed by atoms with van der Waals surface area (Å²) in [5.41, 5.74) is 1.71. The minimum atomic E-state index is 0.167. The van der Waals surface area contributed by atoms with E-state index in [4.69, 9.17) is 23.2 Å². The third-order valence-electron chi connectivity index (χ3n) is 3.98. The van der Waals surface area contributed by atoms with Crippen molar-refractivity contribution in [3.8, 4) is 0 Å². The first-order chi connectivity index (χ1) is 8.80. The molecule has 0 spiro atoms. The fraction of sp³-hybridized carbons (Fsp3) is 0.625. The van der Waals surface area contributed by atoms with E-state index in [-0.39, 0.29) is 5.54 Å². The van der Waals surface area contributed by atoms with E-state index in [0.29, 0.717) is 5.41 Å². The molecule has 1 aromatic rings. The predicted molar refractivity (Wildman–Crippen MR) is 84.2 cm³/mol. The first-order valence-corrected chi connectivity index (χ1v) is 7.74. The summed E-state index contributed by atoms with van der Waals surface area (Å²) in [5.74, 6) is 0. The molecule has 0 aliphatic heterocycles. The molecule has 1 nitrogen and oxygen atoms in total. The maximum atomic E-state index is 6.29. The maximum Gasteiger partial charge on any atom is 0.0439 e. The normalized spacial score (nSPS) is 18.2. The Bertz CT molecular complexity index is 445.